The van der Waals surface area contributed by atoms with Gasteiger partial charge in [-0.3, -0.25) is 4.79 Å². The lowest BCUT2D eigenvalue weighted by molar-refractivity contribution is -0.951. The van der Waals surface area contributed by atoms with Gasteiger partial charge in [0.1, 0.15) is 25.5 Å². The Morgan fingerprint density at radius 3 is 2.69 bits per heavy atom. The van der Waals surface area contributed by atoms with E-state index in [0.29, 0.717) is 6.54 Å². The molecule has 0 spiro atoms. The summed E-state index contributed by atoms with van der Waals surface area (Å²) >= 11 is 0. The highest BCUT2D eigenvalue weighted by molar-refractivity contribution is 5.96. The summed E-state index contributed by atoms with van der Waals surface area (Å²) in [7, 11) is 0. The second-order valence-corrected chi connectivity index (χ2v) is 8.05. The van der Waals surface area contributed by atoms with Crippen molar-refractivity contribution in [3.63, 3.8) is 0 Å². The number of benzene rings is 2. The Hall–Kier alpha value is -2.28. The van der Waals surface area contributed by atoms with E-state index in [0.717, 1.165) is 50.5 Å². The first-order valence-corrected chi connectivity index (χ1v) is 10.5. The highest BCUT2D eigenvalue weighted by Crippen LogP contribution is 2.31. The van der Waals surface area contributed by atoms with E-state index in [1.807, 2.05) is 35.2 Å². The molecule has 0 bridgehead atoms. The molecular weight excluding hydrogens is 369 g/mol. The Morgan fingerprint density at radius 1 is 1.21 bits per heavy atom. The first-order valence-electron chi connectivity index (χ1n) is 10.5. The number of hydrogen-bond acceptors (Lipinski definition) is 2. The molecule has 4 rings (SSSR count). The van der Waals surface area contributed by atoms with Crippen molar-refractivity contribution in [1.82, 2.24) is 0 Å². The van der Waals surface area contributed by atoms with Crippen LogP contribution < -0.4 is 15.1 Å². The molecule has 2 aromatic carbocycles. The highest BCUT2D eigenvalue weighted by atomic mass is 19.1. The number of nitrogens with zero attached hydrogens (tertiary/aromatic N) is 1. The van der Waals surface area contributed by atoms with E-state index in [9.17, 15) is 9.18 Å². The molecule has 1 amide bonds. The number of morpholine rings is 1. The smallest absolute Gasteiger partial charge is 0.282 e. The third-order valence-electron chi connectivity index (χ3n) is 6.10. The van der Waals surface area contributed by atoms with Gasteiger partial charge in [0.25, 0.3) is 5.91 Å². The van der Waals surface area contributed by atoms with Gasteiger partial charge in [-0.15, -0.1) is 0 Å². The number of anilines is 1. The van der Waals surface area contributed by atoms with Gasteiger partial charge in [-0.1, -0.05) is 18.2 Å². The molecule has 0 saturated carbocycles. The van der Waals surface area contributed by atoms with Crippen LogP contribution in [0.25, 0.3) is 0 Å². The molecule has 0 aliphatic carbocycles. The molecule has 2 atom stereocenters. The van der Waals surface area contributed by atoms with Crippen molar-refractivity contribution in [3.05, 3.63) is 65.5 Å². The summed E-state index contributed by atoms with van der Waals surface area (Å²) in [6.45, 7) is 6.66. The van der Waals surface area contributed by atoms with Crippen LogP contribution in [0.15, 0.2) is 48.5 Å². The average molecular weight is 400 g/mol. The van der Waals surface area contributed by atoms with Crippen molar-refractivity contribution in [2.24, 2.45) is 0 Å². The van der Waals surface area contributed by atoms with Crippen LogP contribution in [0, 0.1) is 5.82 Å². The lowest BCUT2D eigenvalue weighted by Crippen LogP contribution is -3.16. The number of quaternary nitrogens is 2. The normalized spacial score (nSPS) is 20.5. The molecule has 1 fully saturated rings. The Bertz CT molecular complexity index is 836. The van der Waals surface area contributed by atoms with Crippen LogP contribution in [0.5, 0.6) is 0 Å². The number of para-hydroxylation sites is 1. The van der Waals surface area contributed by atoms with Crippen molar-refractivity contribution < 1.29 is 24.1 Å². The largest absolute Gasteiger partial charge is 0.370 e. The maximum Gasteiger partial charge on any atom is 0.282 e. The lowest BCUT2D eigenvalue weighted by atomic mass is 10.0. The number of rotatable bonds is 6. The number of nitrogens with two attached hydrogens (primary N) is 1. The number of carbonyl (C=O) groups is 1. The van der Waals surface area contributed by atoms with Crippen LogP contribution in [-0.4, -0.2) is 51.3 Å². The van der Waals surface area contributed by atoms with Crippen molar-refractivity contribution in [3.8, 4) is 0 Å². The van der Waals surface area contributed by atoms with Gasteiger partial charge in [0.15, 0.2) is 12.6 Å². The Kier molecular flexibility index (Phi) is 6.23. The van der Waals surface area contributed by atoms with E-state index in [1.54, 1.807) is 0 Å². The minimum absolute atomic E-state index is 0.150. The van der Waals surface area contributed by atoms with Crippen LogP contribution in [0.3, 0.4) is 0 Å². The first kappa shape index (κ1) is 20.0. The molecule has 6 heteroatoms. The van der Waals surface area contributed by atoms with Crippen molar-refractivity contribution >= 4 is 11.6 Å². The number of ether oxygens (including phenoxy) is 1. The summed E-state index contributed by atoms with van der Waals surface area (Å²) < 4.78 is 18.9. The summed E-state index contributed by atoms with van der Waals surface area (Å²) in [5.74, 6) is -0.0670. The standard InChI is InChI=1S/C23H28FN3O2/c1-17-14-19-4-2-3-5-21(19)27(17)23(28)16-25-15-22(26-10-12-29-13-11-26)18-6-8-20(24)9-7-18/h2-9,17,22,25H,10-16H2,1H3/p+2/t17-,22-/m0/s1. The van der Waals surface area contributed by atoms with Gasteiger partial charge < -0.3 is 19.9 Å². The van der Waals surface area contributed by atoms with E-state index < -0.39 is 0 Å². The number of hydrogen-bond donors (Lipinski definition) is 2. The summed E-state index contributed by atoms with van der Waals surface area (Å²) in [6, 6.07) is 15.4. The second kappa shape index (κ2) is 9.03. The molecule has 5 nitrogen and oxygen atoms in total. The SMILES string of the molecule is C[C@H]1Cc2ccccc2N1C(=O)C[NH2+]C[C@@H](c1ccc(F)cc1)[NH+]1CCOCC1. The van der Waals surface area contributed by atoms with E-state index >= 15 is 0 Å². The monoisotopic (exact) mass is 399 g/mol. The molecule has 3 N–H and O–H groups in total. The number of nitrogens with one attached hydrogen (secondary N) is 1. The molecule has 0 unspecified atom stereocenters. The molecular formula is C23H30FN3O2+2. The summed E-state index contributed by atoms with van der Waals surface area (Å²) in [5, 5.41) is 2.10. The minimum atomic E-state index is -0.217. The van der Waals surface area contributed by atoms with Crippen LogP contribution in [0.1, 0.15) is 24.1 Å². The maximum absolute atomic E-state index is 13.4. The molecule has 2 aliphatic rings. The molecule has 154 valence electrons. The summed E-state index contributed by atoms with van der Waals surface area (Å²) in [5.41, 5.74) is 3.41. The fourth-order valence-electron chi connectivity index (χ4n) is 4.63. The molecule has 2 heterocycles. The van der Waals surface area contributed by atoms with Gasteiger partial charge >= 0.3 is 0 Å². The number of amides is 1. The number of fused-ring (bicyclic) bond motifs is 1. The van der Waals surface area contributed by atoms with Crippen molar-refractivity contribution in [2.75, 3.05) is 44.3 Å². The fourth-order valence-corrected chi connectivity index (χ4v) is 4.63. The molecule has 29 heavy (non-hydrogen) atoms. The molecule has 0 aromatic heterocycles. The van der Waals surface area contributed by atoms with Gasteiger partial charge in [-0.25, -0.2) is 4.39 Å². The van der Waals surface area contributed by atoms with Gasteiger partial charge in [-0.2, -0.15) is 0 Å². The minimum Gasteiger partial charge on any atom is -0.370 e. The van der Waals surface area contributed by atoms with Crippen molar-refractivity contribution in [2.45, 2.75) is 25.4 Å². The zero-order valence-corrected chi connectivity index (χ0v) is 16.9. The quantitative estimate of drug-likeness (QED) is 0.735. The summed E-state index contributed by atoms with van der Waals surface area (Å²) in [6.07, 6.45) is 0.915. The number of carbonyl (C=O) groups excluding carboxylic acids is 1. The molecule has 1 saturated heterocycles. The fraction of sp³-hybridized carbons (Fsp3) is 0.435. The third-order valence-corrected chi connectivity index (χ3v) is 6.10. The Morgan fingerprint density at radius 2 is 1.93 bits per heavy atom. The zero-order valence-electron chi connectivity index (χ0n) is 16.9. The van der Waals surface area contributed by atoms with E-state index in [1.165, 1.54) is 22.6 Å². The highest BCUT2D eigenvalue weighted by Gasteiger charge is 2.32. The van der Waals surface area contributed by atoms with Gasteiger partial charge in [0.05, 0.1) is 13.2 Å². The van der Waals surface area contributed by atoms with Crippen LogP contribution >= 0.6 is 0 Å². The first-order chi connectivity index (χ1) is 14.1. The lowest BCUT2D eigenvalue weighted by Gasteiger charge is -2.31. The van der Waals surface area contributed by atoms with Gasteiger partial charge in [0.2, 0.25) is 0 Å². The van der Waals surface area contributed by atoms with E-state index in [2.05, 4.69) is 18.3 Å². The summed E-state index contributed by atoms with van der Waals surface area (Å²) in [4.78, 5) is 16.4. The molecule has 2 aromatic rings. The second-order valence-electron chi connectivity index (χ2n) is 8.05. The van der Waals surface area contributed by atoms with Gasteiger partial charge in [0, 0.05) is 17.3 Å². The average Bonchev–Trinajstić information content (AvgIpc) is 3.08. The van der Waals surface area contributed by atoms with Crippen LogP contribution in [-0.2, 0) is 16.0 Å². The van der Waals surface area contributed by atoms with E-state index in [4.69, 9.17) is 4.74 Å². The van der Waals surface area contributed by atoms with Gasteiger partial charge in [-0.05, 0) is 49.2 Å². The predicted molar refractivity (Wildman–Crippen MR) is 109 cm³/mol. The molecule has 0 radical (unpaired) electrons. The Labute approximate surface area is 171 Å². The molecule has 2 aliphatic heterocycles. The van der Waals surface area contributed by atoms with Crippen LogP contribution in [0.4, 0.5) is 10.1 Å². The van der Waals surface area contributed by atoms with Crippen molar-refractivity contribution in [1.29, 1.82) is 0 Å². The topological polar surface area (TPSA) is 50.6 Å². The van der Waals surface area contributed by atoms with Crippen LogP contribution in [0.2, 0.25) is 0 Å². The number of halogens is 1. The maximum atomic E-state index is 13.4. The zero-order chi connectivity index (χ0) is 20.2. The van der Waals surface area contributed by atoms with E-state index in [-0.39, 0.29) is 23.8 Å². The third kappa shape index (κ3) is 4.50. The Balaban J connectivity index is 1.41. The predicted octanol–water partition coefficient (Wildman–Crippen LogP) is 0.323.